The molecule has 0 aliphatic carbocycles. The number of hydrogen-bond donors (Lipinski definition) is 1. The molecule has 1 atom stereocenters. The third-order valence-electron chi connectivity index (χ3n) is 4.08. The molecule has 0 unspecified atom stereocenters. The van der Waals surface area contributed by atoms with Crippen molar-refractivity contribution in [3.8, 4) is 0 Å². The highest BCUT2D eigenvalue weighted by molar-refractivity contribution is 7.10. The molecule has 0 spiro atoms. The largest absolute Gasteiger partial charge is 0.351 e. The number of rotatable bonds is 4. The molecule has 1 N–H and O–H groups in total. The summed E-state index contributed by atoms with van der Waals surface area (Å²) >= 11 is 13.8. The van der Waals surface area contributed by atoms with Crippen molar-refractivity contribution in [1.29, 1.82) is 0 Å². The van der Waals surface area contributed by atoms with Gasteiger partial charge in [-0.25, -0.2) is 0 Å². The Balaban J connectivity index is 1.72. The maximum Gasteiger partial charge on any atom is 0.275 e. The average Bonchev–Trinajstić information content (AvgIpc) is 3.24. The van der Waals surface area contributed by atoms with Crippen LogP contribution in [-0.2, 0) is 4.79 Å². The van der Waals surface area contributed by atoms with Crippen LogP contribution in [0.15, 0.2) is 77.8 Å². The van der Waals surface area contributed by atoms with Gasteiger partial charge >= 0.3 is 0 Å². The standard InChI is InChI=1S/C20H14Cl2N2OS/c21-13-4-1-6-15(10-13)23-17-12-18(19-8-3-9-26-19)24(20(17)25)16-7-2-5-14(22)11-16/h1-12,18,23H/t18-/m1/s1. The molecule has 0 radical (unpaired) electrons. The predicted octanol–water partition coefficient (Wildman–Crippen LogP) is 6.14. The number of carbonyl (C=O) groups is 1. The average molecular weight is 401 g/mol. The van der Waals surface area contributed by atoms with Crippen LogP contribution >= 0.6 is 34.5 Å². The van der Waals surface area contributed by atoms with Crippen molar-refractivity contribution in [3.63, 3.8) is 0 Å². The molecule has 1 aromatic heterocycles. The second-order valence-corrected chi connectivity index (χ2v) is 7.68. The fraction of sp³-hybridized carbons (Fsp3) is 0.0500. The van der Waals surface area contributed by atoms with Gasteiger partial charge in [-0.3, -0.25) is 9.69 Å². The maximum atomic E-state index is 13.1. The summed E-state index contributed by atoms with van der Waals surface area (Å²) in [6.07, 6.45) is 1.94. The first kappa shape index (κ1) is 17.2. The summed E-state index contributed by atoms with van der Waals surface area (Å²) < 4.78 is 0. The van der Waals surface area contributed by atoms with E-state index in [0.717, 1.165) is 16.3 Å². The van der Waals surface area contributed by atoms with E-state index in [4.69, 9.17) is 23.2 Å². The van der Waals surface area contributed by atoms with Gasteiger partial charge in [0, 0.05) is 26.3 Å². The van der Waals surface area contributed by atoms with Gasteiger partial charge in [0.05, 0.1) is 6.04 Å². The molecule has 0 saturated heterocycles. The van der Waals surface area contributed by atoms with Crippen LogP contribution in [0.25, 0.3) is 0 Å². The Kier molecular flexibility index (Phi) is 4.72. The molecule has 0 bridgehead atoms. The Morgan fingerprint density at radius 1 is 0.962 bits per heavy atom. The van der Waals surface area contributed by atoms with E-state index in [1.54, 1.807) is 40.5 Å². The molecule has 1 amide bonds. The fourth-order valence-electron chi connectivity index (χ4n) is 2.95. The van der Waals surface area contributed by atoms with Crippen molar-refractivity contribution in [1.82, 2.24) is 0 Å². The van der Waals surface area contributed by atoms with Crippen LogP contribution in [0.3, 0.4) is 0 Å². The normalized spacial score (nSPS) is 16.7. The molecule has 1 aliphatic heterocycles. The third kappa shape index (κ3) is 3.36. The summed E-state index contributed by atoms with van der Waals surface area (Å²) in [6, 6.07) is 18.5. The molecule has 26 heavy (non-hydrogen) atoms. The molecule has 2 heterocycles. The molecular formula is C20H14Cl2N2OS. The molecular weight excluding hydrogens is 387 g/mol. The SMILES string of the molecule is O=C1C(Nc2cccc(Cl)c2)=C[C@H](c2cccs2)N1c1cccc(Cl)c1. The Morgan fingerprint density at radius 2 is 1.73 bits per heavy atom. The molecule has 4 rings (SSSR count). The highest BCUT2D eigenvalue weighted by atomic mass is 35.5. The monoisotopic (exact) mass is 400 g/mol. The minimum absolute atomic E-state index is 0.106. The zero-order valence-corrected chi connectivity index (χ0v) is 15.9. The number of thiophene rings is 1. The topological polar surface area (TPSA) is 32.3 Å². The first-order valence-electron chi connectivity index (χ1n) is 7.99. The Hall–Kier alpha value is -2.27. The van der Waals surface area contributed by atoms with Gasteiger partial charge in [-0.2, -0.15) is 0 Å². The smallest absolute Gasteiger partial charge is 0.275 e. The Morgan fingerprint density at radius 3 is 2.42 bits per heavy atom. The highest BCUT2D eigenvalue weighted by Gasteiger charge is 2.35. The lowest BCUT2D eigenvalue weighted by Gasteiger charge is -2.24. The molecule has 0 saturated carbocycles. The molecule has 6 heteroatoms. The van der Waals surface area contributed by atoms with Gasteiger partial charge in [0.1, 0.15) is 5.70 Å². The number of anilines is 2. The van der Waals surface area contributed by atoms with Gasteiger partial charge in [-0.15, -0.1) is 11.3 Å². The Labute approximate surface area is 165 Å². The number of hydrogen-bond acceptors (Lipinski definition) is 3. The van der Waals surface area contributed by atoms with Crippen molar-refractivity contribution in [2.24, 2.45) is 0 Å². The lowest BCUT2D eigenvalue weighted by atomic mass is 10.2. The summed E-state index contributed by atoms with van der Waals surface area (Å²) in [4.78, 5) is 16.0. The first-order chi connectivity index (χ1) is 12.6. The molecule has 3 nitrogen and oxygen atoms in total. The fourth-order valence-corrected chi connectivity index (χ4v) is 4.11. The van der Waals surface area contributed by atoms with Crippen LogP contribution in [0.1, 0.15) is 10.9 Å². The van der Waals surface area contributed by atoms with Gasteiger partial charge in [-0.1, -0.05) is 41.4 Å². The number of nitrogens with one attached hydrogen (secondary N) is 1. The van der Waals surface area contributed by atoms with Crippen LogP contribution in [-0.4, -0.2) is 5.91 Å². The summed E-state index contributed by atoms with van der Waals surface area (Å²) in [5, 5.41) is 6.41. The highest BCUT2D eigenvalue weighted by Crippen LogP contribution is 2.38. The first-order valence-corrected chi connectivity index (χ1v) is 9.62. The number of benzene rings is 2. The summed E-state index contributed by atoms with van der Waals surface area (Å²) in [5.74, 6) is -0.106. The van der Waals surface area contributed by atoms with Crippen molar-refractivity contribution >= 4 is 51.8 Å². The van der Waals surface area contributed by atoms with Crippen molar-refractivity contribution in [2.45, 2.75) is 6.04 Å². The second-order valence-electron chi connectivity index (χ2n) is 5.83. The molecule has 0 fully saturated rings. The van der Waals surface area contributed by atoms with E-state index in [1.165, 1.54) is 0 Å². The molecule has 3 aromatic rings. The van der Waals surface area contributed by atoms with E-state index in [2.05, 4.69) is 5.32 Å². The quantitative estimate of drug-likeness (QED) is 0.570. The van der Waals surface area contributed by atoms with Crippen LogP contribution < -0.4 is 10.2 Å². The zero-order valence-electron chi connectivity index (χ0n) is 13.5. The molecule has 2 aromatic carbocycles. The number of nitrogens with zero attached hydrogens (tertiary/aromatic N) is 1. The van der Waals surface area contributed by atoms with Gasteiger partial charge in [-0.05, 0) is 53.9 Å². The summed E-state index contributed by atoms with van der Waals surface area (Å²) in [6.45, 7) is 0. The van der Waals surface area contributed by atoms with Gasteiger partial charge in [0.15, 0.2) is 0 Å². The maximum absolute atomic E-state index is 13.1. The lowest BCUT2D eigenvalue weighted by Crippen LogP contribution is -2.30. The summed E-state index contributed by atoms with van der Waals surface area (Å²) in [7, 11) is 0. The Bertz CT molecular complexity index is 985. The van der Waals surface area contributed by atoms with E-state index in [0.29, 0.717) is 15.7 Å². The van der Waals surface area contributed by atoms with E-state index in [9.17, 15) is 4.79 Å². The van der Waals surface area contributed by atoms with E-state index in [1.807, 2.05) is 47.9 Å². The molecule has 1 aliphatic rings. The number of halogens is 2. The zero-order chi connectivity index (χ0) is 18.1. The van der Waals surface area contributed by atoms with Crippen molar-refractivity contribution in [2.75, 3.05) is 10.2 Å². The second kappa shape index (κ2) is 7.16. The van der Waals surface area contributed by atoms with Crippen LogP contribution in [0.4, 0.5) is 11.4 Å². The summed E-state index contributed by atoms with van der Waals surface area (Å²) in [5.41, 5.74) is 2.06. The minimum atomic E-state index is -0.178. The predicted molar refractivity (Wildman–Crippen MR) is 109 cm³/mol. The van der Waals surface area contributed by atoms with Crippen LogP contribution in [0.5, 0.6) is 0 Å². The number of amides is 1. The van der Waals surface area contributed by atoms with E-state index < -0.39 is 0 Å². The van der Waals surface area contributed by atoms with Crippen LogP contribution in [0, 0.1) is 0 Å². The van der Waals surface area contributed by atoms with Crippen molar-refractivity contribution < 1.29 is 4.79 Å². The third-order valence-corrected chi connectivity index (χ3v) is 5.49. The van der Waals surface area contributed by atoms with Gasteiger partial charge in [0.25, 0.3) is 5.91 Å². The van der Waals surface area contributed by atoms with E-state index in [-0.39, 0.29) is 11.9 Å². The van der Waals surface area contributed by atoms with Gasteiger partial charge < -0.3 is 5.32 Å². The lowest BCUT2D eigenvalue weighted by molar-refractivity contribution is -0.114. The minimum Gasteiger partial charge on any atom is -0.351 e. The van der Waals surface area contributed by atoms with Crippen LogP contribution in [0.2, 0.25) is 10.0 Å². The van der Waals surface area contributed by atoms with Crippen molar-refractivity contribution in [3.05, 3.63) is 92.7 Å². The molecule has 130 valence electrons. The number of carbonyl (C=O) groups excluding carboxylic acids is 1. The van der Waals surface area contributed by atoms with E-state index >= 15 is 0 Å². The van der Waals surface area contributed by atoms with Gasteiger partial charge in [0.2, 0.25) is 0 Å².